The SMILES string of the molecule is CO[C@@H]1OC(COCc2ccccc2)[C@H](OCc2ccccc2)C(=O)C1OCc1ccccc1. The number of hydrogen-bond donors (Lipinski definition) is 0. The zero-order chi connectivity index (χ0) is 23.6. The third-order valence-electron chi connectivity index (χ3n) is 5.63. The number of rotatable bonds is 11. The standard InChI is InChI=1S/C28H30O6/c1-30-28-27(33-19-23-15-9-4-10-16-23)25(29)26(32-18-22-13-7-3-8-14-22)24(34-28)20-31-17-21-11-5-2-6-12-21/h2-16,24,26-28H,17-20H2,1H3/t24?,26-,27?,28+/m0/s1. The summed E-state index contributed by atoms with van der Waals surface area (Å²) in [6, 6.07) is 29.2. The average molecular weight is 463 g/mol. The lowest BCUT2D eigenvalue weighted by atomic mass is 10.00. The molecule has 1 heterocycles. The molecule has 4 atom stereocenters. The molecule has 0 bridgehead atoms. The van der Waals surface area contributed by atoms with Crippen molar-refractivity contribution in [2.45, 2.75) is 44.4 Å². The molecule has 0 spiro atoms. The number of benzene rings is 3. The van der Waals surface area contributed by atoms with Gasteiger partial charge in [0.1, 0.15) is 12.2 Å². The molecule has 1 aliphatic rings. The summed E-state index contributed by atoms with van der Waals surface area (Å²) in [7, 11) is 1.50. The van der Waals surface area contributed by atoms with Gasteiger partial charge >= 0.3 is 0 Å². The Hall–Kier alpha value is -2.87. The lowest BCUT2D eigenvalue weighted by Crippen LogP contribution is -2.58. The second kappa shape index (κ2) is 12.6. The number of hydrogen-bond acceptors (Lipinski definition) is 6. The van der Waals surface area contributed by atoms with E-state index < -0.39 is 24.6 Å². The van der Waals surface area contributed by atoms with Crippen LogP contribution >= 0.6 is 0 Å². The van der Waals surface area contributed by atoms with Crippen molar-refractivity contribution in [1.29, 1.82) is 0 Å². The molecular weight excluding hydrogens is 432 g/mol. The minimum Gasteiger partial charge on any atom is -0.374 e. The lowest BCUT2D eigenvalue weighted by molar-refractivity contribution is -0.265. The van der Waals surface area contributed by atoms with Crippen LogP contribution in [0.15, 0.2) is 91.0 Å². The summed E-state index contributed by atoms with van der Waals surface area (Å²) in [5.74, 6) is -0.210. The molecule has 2 unspecified atom stereocenters. The minimum absolute atomic E-state index is 0.186. The van der Waals surface area contributed by atoms with Gasteiger partial charge in [0.25, 0.3) is 0 Å². The summed E-state index contributed by atoms with van der Waals surface area (Å²) in [5.41, 5.74) is 2.97. The summed E-state index contributed by atoms with van der Waals surface area (Å²) in [6.45, 7) is 1.14. The van der Waals surface area contributed by atoms with Crippen molar-refractivity contribution < 1.29 is 28.5 Å². The van der Waals surface area contributed by atoms with E-state index in [0.29, 0.717) is 6.61 Å². The zero-order valence-electron chi connectivity index (χ0n) is 19.2. The van der Waals surface area contributed by atoms with Crippen molar-refractivity contribution in [3.8, 4) is 0 Å². The Balaban J connectivity index is 1.45. The van der Waals surface area contributed by atoms with Crippen LogP contribution in [-0.4, -0.2) is 44.1 Å². The van der Waals surface area contributed by atoms with Crippen LogP contribution in [-0.2, 0) is 48.3 Å². The molecule has 178 valence electrons. The molecule has 1 aliphatic heterocycles. The van der Waals surface area contributed by atoms with Gasteiger partial charge in [0.15, 0.2) is 18.2 Å². The van der Waals surface area contributed by atoms with Gasteiger partial charge in [0.05, 0.1) is 26.4 Å². The van der Waals surface area contributed by atoms with Crippen LogP contribution in [0.1, 0.15) is 16.7 Å². The van der Waals surface area contributed by atoms with Crippen molar-refractivity contribution >= 4 is 5.78 Å². The van der Waals surface area contributed by atoms with E-state index in [1.807, 2.05) is 91.0 Å². The molecule has 0 radical (unpaired) electrons. The van der Waals surface area contributed by atoms with Gasteiger partial charge < -0.3 is 23.7 Å². The summed E-state index contributed by atoms with van der Waals surface area (Å²) in [6.07, 6.45) is -3.22. The molecule has 0 N–H and O–H groups in total. The molecule has 1 saturated heterocycles. The first-order chi connectivity index (χ1) is 16.7. The second-order valence-electron chi connectivity index (χ2n) is 8.12. The number of carbonyl (C=O) groups excluding carboxylic acids is 1. The van der Waals surface area contributed by atoms with E-state index in [1.165, 1.54) is 7.11 Å². The van der Waals surface area contributed by atoms with Gasteiger partial charge in [-0.05, 0) is 16.7 Å². The first kappa shape index (κ1) is 24.3. The Morgan fingerprint density at radius 2 is 1.15 bits per heavy atom. The molecule has 1 fully saturated rings. The van der Waals surface area contributed by atoms with E-state index in [4.69, 9.17) is 23.7 Å². The van der Waals surface area contributed by atoms with Gasteiger partial charge in [0.2, 0.25) is 0 Å². The van der Waals surface area contributed by atoms with Crippen molar-refractivity contribution in [3.63, 3.8) is 0 Å². The van der Waals surface area contributed by atoms with Gasteiger partial charge in [-0.1, -0.05) is 91.0 Å². The number of methoxy groups -OCH3 is 1. The van der Waals surface area contributed by atoms with Crippen LogP contribution in [0.5, 0.6) is 0 Å². The van der Waals surface area contributed by atoms with Crippen molar-refractivity contribution in [2.24, 2.45) is 0 Å². The van der Waals surface area contributed by atoms with Crippen LogP contribution in [0, 0.1) is 0 Å². The van der Waals surface area contributed by atoms with E-state index >= 15 is 0 Å². The van der Waals surface area contributed by atoms with Crippen LogP contribution in [0.3, 0.4) is 0 Å². The molecule has 3 aromatic carbocycles. The predicted octanol–water partition coefficient (Wildman–Crippen LogP) is 4.31. The maximum Gasteiger partial charge on any atom is 0.198 e. The van der Waals surface area contributed by atoms with E-state index in [-0.39, 0.29) is 25.6 Å². The third kappa shape index (κ3) is 6.59. The summed E-state index contributed by atoms with van der Waals surface area (Å²) in [5, 5.41) is 0. The zero-order valence-corrected chi connectivity index (χ0v) is 19.2. The van der Waals surface area contributed by atoms with Crippen molar-refractivity contribution in [2.75, 3.05) is 13.7 Å². The molecule has 4 rings (SSSR count). The van der Waals surface area contributed by atoms with Crippen molar-refractivity contribution in [1.82, 2.24) is 0 Å². The predicted molar refractivity (Wildman–Crippen MR) is 127 cm³/mol. The van der Waals surface area contributed by atoms with Gasteiger partial charge in [-0.25, -0.2) is 0 Å². The van der Waals surface area contributed by atoms with Crippen LogP contribution in [0.25, 0.3) is 0 Å². The van der Waals surface area contributed by atoms with E-state index in [1.54, 1.807) is 0 Å². The van der Waals surface area contributed by atoms with Gasteiger partial charge in [-0.2, -0.15) is 0 Å². The highest BCUT2D eigenvalue weighted by Gasteiger charge is 2.47. The maximum absolute atomic E-state index is 13.5. The van der Waals surface area contributed by atoms with Crippen LogP contribution in [0.2, 0.25) is 0 Å². The molecule has 0 amide bonds. The highest BCUT2D eigenvalue weighted by atomic mass is 16.7. The Morgan fingerprint density at radius 3 is 1.65 bits per heavy atom. The highest BCUT2D eigenvalue weighted by molar-refractivity contribution is 5.89. The number of carbonyl (C=O) groups is 1. The summed E-state index contributed by atoms with van der Waals surface area (Å²) < 4.78 is 29.6. The molecule has 0 aliphatic carbocycles. The fourth-order valence-electron chi connectivity index (χ4n) is 3.84. The monoisotopic (exact) mass is 462 g/mol. The third-order valence-corrected chi connectivity index (χ3v) is 5.63. The molecule has 6 nitrogen and oxygen atoms in total. The Labute approximate surface area is 200 Å². The van der Waals surface area contributed by atoms with Crippen LogP contribution in [0.4, 0.5) is 0 Å². The normalized spacial score (nSPS) is 22.6. The first-order valence-corrected chi connectivity index (χ1v) is 11.4. The lowest BCUT2D eigenvalue weighted by Gasteiger charge is -2.39. The number of ketones is 1. The quantitative estimate of drug-likeness (QED) is 0.423. The smallest absolute Gasteiger partial charge is 0.198 e. The highest BCUT2D eigenvalue weighted by Crippen LogP contribution is 2.25. The Kier molecular flexibility index (Phi) is 8.96. The van der Waals surface area contributed by atoms with Crippen molar-refractivity contribution in [3.05, 3.63) is 108 Å². The Morgan fingerprint density at radius 1 is 0.676 bits per heavy atom. The molecule has 0 aromatic heterocycles. The average Bonchev–Trinajstić information content (AvgIpc) is 2.89. The molecule has 34 heavy (non-hydrogen) atoms. The van der Waals surface area contributed by atoms with Crippen LogP contribution < -0.4 is 0 Å². The molecular formula is C28H30O6. The topological polar surface area (TPSA) is 63.2 Å². The maximum atomic E-state index is 13.5. The number of ether oxygens (including phenoxy) is 5. The largest absolute Gasteiger partial charge is 0.374 e. The van der Waals surface area contributed by atoms with E-state index in [0.717, 1.165) is 16.7 Å². The second-order valence-corrected chi connectivity index (χ2v) is 8.12. The van der Waals surface area contributed by atoms with E-state index in [2.05, 4.69) is 0 Å². The molecule has 0 saturated carbocycles. The van der Waals surface area contributed by atoms with E-state index in [9.17, 15) is 4.79 Å². The summed E-state index contributed by atoms with van der Waals surface area (Å²) in [4.78, 5) is 13.5. The number of Topliss-reactive ketones (excluding diaryl/α,β-unsaturated/α-hetero) is 1. The first-order valence-electron chi connectivity index (χ1n) is 11.4. The minimum atomic E-state index is -0.906. The van der Waals surface area contributed by atoms with Gasteiger partial charge in [0, 0.05) is 7.11 Å². The molecule has 6 heteroatoms. The summed E-state index contributed by atoms with van der Waals surface area (Å²) >= 11 is 0. The molecule has 3 aromatic rings. The van der Waals surface area contributed by atoms with Gasteiger partial charge in [-0.15, -0.1) is 0 Å². The fourth-order valence-corrected chi connectivity index (χ4v) is 3.84. The van der Waals surface area contributed by atoms with Gasteiger partial charge in [-0.3, -0.25) is 4.79 Å². The Bertz CT molecular complexity index is 995. The fraction of sp³-hybridized carbons (Fsp3) is 0.321.